The number of benzene rings is 1. The lowest BCUT2D eigenvalue weighted by Crippen LogP contribution is -2.21. The van der Waals surface area contributed by atoms with Crippen LogP contribution in [0.25, 0.3) is 0 Å². The Morgan fingerprint density at radius 1 is 1.53 bits per heavy atom. The molecule has 0 spiro atoms. The maximum absolute atomic E-state index is 13.7. The number of aromatic hydroxyl groups is 1. The van der Waals surface area contributed by atoms with Crippen LogP contribution in [0.15, 0.2) is 12.1 Å². The van der Waals surface area contributed by atoms with Crippen LogP contribution in [-0.2, 0) is 5.41 Å². The van der Waals surface area contributed by atoms with E-state index in [2.05, 4.69) is 0 Å². The summed E-state index contributed by atoms with van der Waals surface area (Å²) in [7, 11) is 1.43. The molecule has 3 N–H and O–H groups in total. The van der Waals surface area contributed by atoms with E-state index in [-0.39, 0.29) is 11.2 Å². The summed E-state index contributed by atoms with van der Waals surface area (Å²) in [5, 5.41) is 9.73. The normalized spacial score (nSPS) is 17.5. The van der Waals surface area contributed by atoms with Crippen molar-refractivity contribution in [3.8, 4) is 11.5 Å². The lowest BCUT2D eigenvalue weighted by molar-refractivity contribution is 0.396. The summed E-state index contributed by atoms with van der Waals surface area (Å²) in [6.07, 6.45) is 1.67. The average Bonchev–Trinajstić information content (AvgIpc) is 2.97. The van der Waals surface area contributed by atoms with Gasteiger partial charge in [-0.1, -0.05) is 0 Å². The molecule has 4 heteroatoms. The lowest BCUT2D eigenvalue weighted by atomic mass is 9.94. The van der Waals surface area contributed by atoms with Crippen molar-refractivity contribution in [3.05, 3.63) is 23.5 Å². The molecule has 1 aromatic carbocycles. The van der Waals surface area contributed by atoms with E-state index < -0.39 is 5.82 Å². The fourth-order valence-corrected chi connectivity index (χ4v) is 1.92. The van der Waals surface area contributed by atoms with Gasteiger partial charge in [0.2, 0.25) is 0 Å². The van der Waals surface area contributed by atoms with Crippen LogP contribution in [0.1, 0.15) is 18.4 Å². The Morgan fingerprint density at radius 3 is 2.60 bits per heavy atom. The largest absolute Gasteiger partial charge is 0.507 e. The van der Waals surface area contributed by atoms with E-state index >= 15 is 0 Å². The second-order valence-electron chi connectivity index (χ2n) is 3.99. The first-order chi connectivity index (χ1) is 7.13. The number of nitrogens with two attached hydrogens (primary N) is 1. The lowest BCUT2D eigenvalue weighted by Gasteiger charge is -2.16. The maximum Gasteiger partial charge on any atom is 0.134 e. The van der Waals surface area contributed by atoms with Crippen molar-refractivity contribution in [2.24, 2.45) is 5.73 Å². The molecule has 1 fully saturated rings. The minimum Gasteiger partial charge on any atom is -0.507 e. The van der Waals surface area contributed by atoms with Gasteiger partial charge in [-0.05, 0) is 12.8 Å². The second kappa shape index (κ2) is 3.38. The zero-order chi connectivity index (χ0) is 11.1. The highest BCUT2D eigenvalue weighted by molar-refractivity contribution is 5.48. The average molecular weight is 211 g/mol. The summed E-state index contributed by atoms with van der Waals surface area (Å²) in [5.74, 6) is -0.175. The maximum atomic E-state index is 13.7. The highest BCUT2D eigenvalue weighted by atomic mass is 19.1. The molecule has 15 heavy (non-hydrogen) atoms. The van der Waals surface area contributed by atoms with E-state index in [4.69, 9.17) is 10.5 Å². The molecule has 0 atom stereocenters. The first-order valence-electron chi connectivity index (χ1n) is 4.90. The van der Waals surface area contributed by atoms with Crippen LogP contribution in [0, 0.1) is 5.82 Å². The number of rotatable bonds is 3. The Hall–Kier alpha value is -1.29. The van der Waals surface area contributed by atoms with E-state index in [9.17, 15) is 9.50 Å². The molecular formula is C11H14FNO2. The van der Waals surface area contributed by atoms with Gasteiger partial charge in [-0.15, -0.1) is 0 Å². The third-order valence-electron chi connectivity index (χ3n) is 3.05. The Morgan fingerprint density at radius 2 is 2.20 bits per heavy atom. The number of methoxy groups -OCH3 is 1. The molecule has 0 saturated heterocycles. The molecule has 3 nitrogen and oxygen atoms in total. The standard InChI is InChI=1S/C11H14FNO2/c1-15-7-4-8(12)10(9(14)5-7)11(6-13)2-3-11/h4-5,14H,2-3,6,13H2,1H3. The summed E-state index contributed by atoms with van der Waals surface area (Å²) >= 11 is 0. The number of hydrogen-bond acceptors (Lipinski definition) is 3. The molecule has 0 amide bonds. The highest BCUT2D eigenvalue weighted by Gasteiger charge is 2.46. The molecule has 1 aliphatic rings. The Bertz CT molecular complexity index is 365. The van der Waals surface area contributed by atoms with Gasteiger partial charge in [0.05, 0.1) is 7.11 Å². The zero-order valence-corrected chi connectivity index (χ0v) is 8.59. The summed E-state index contributed by atoms with van der Waals surface area (Å²) in [4.78, 5) is 0. The molecule has 1 aromatic rings. The molecule has 0 radical (unpaired) electrons. The second-order valence-corrected chi connectivity index (χ2v) is 3.99. The summed E-state index contributed by atoms with van der Waals surface area (Å²) < 4.78 is 18.6. The fraction of sp³-hybridized carbons (Fsp3) is 0.455. The van der Waals surface area contributed by atoms with Gasteiger partial charge in [0, 0.05) is 29.7 Å². The summed E-state index contributed by atoms with van der Waals surface area (Å²) in [5.41, 5.74) is 5.59. The number of halogens is 1. The van der Waals surface area contributed by atoms with Crippen LogP contribution in [0.3, 0.4) is 0 Å². The first kappa shape index (κ1) is 10.2. The molecular weight excluding hydrogens is 197 g/mol. The molecule has 2 rings (SSSR count). The van der Waals surface area contributed by atoms with Crippen molar-refractivity contribution in [3.63, 3.8) is 0 Å². The Labute approximate surface area is 87.7 Å². The number of hydrogen-bond donors (Lipinski definition) is 2. The highest BCUT2D eigenvalue weighted by Crippen LogP contribution is 2.51. The molecule has 82 valence electrons. The first-order valence-corrected chi connectivity index (χ1v) is 4.90. The number of phenolic OH excluding ortho intramolecular Hbond substituents is 1. The van der Waals surface area contributed by atoms with E-state index in [1.165, 1.54) is 19.2 Å². The molecule has 0 heterocycles. The van der Waals surface area contributed by atoms with Gasteiger partial charge >= 0.3 is 0 Å². The van der Waals surface area contributed by atoms with Crippen molar-refractivity contribution >= 4 is 0 Å². The SMILES string of the molecule is COc1cc(O)c(C2(CN)CC2)c(F)c1. The Balaban J connectivity index is 2.48. The van der Waals surface area contributed by atoms with Crippen LogP contribution in [0.2, 0.25) is 0 Å². The topological polar surface area (TPSA) is 55.5 Å². The van der Waals surface area contributed by atoms with Crippen LogP contribution in [-0.4, -0.2) is 18.8 Å². The molecule has 0 unspecified atom stereocenters. The quantitative estimate of drug-likeness (QED) is 0.797. The van der Waals surface area contributed by atoms with Gasteiger partial charge in [0.25, 0.3) is 0 Å². The van der Waals surface area contributed by atoms with Crippen molar-refractivity contribution < 1.29 is 14.2 Å². The minimum atomic E-state index is -0.435. The Kier molecular flexibility index (Phi) is 2.31. The zero-order valence-electron chi connectivity index (χ0n) is 8.59. The van der Waals surface area contributed by atoms with E-state index in [0.717, 1.165) is 12.8 Å². The predicted octanol–water partition coefficient (Wildman–Crippen LogP) is 1.53. The molecule has 1 aliphatic carbocycles. The van der Waals surface area contributed by atoms with Gasteiger partial charge < -0.3 is 15.6 Å². The monoisotopic (exact) mass is 211 g/mol. The summed E-state index contributed by atoms with van der Waals surface area (Å²) in [6.45, 7) is 0.365. The van der Waals surface area contributed by atoms with Crippen molar-refractivity contribution in [2.75, 3.05) is 13.7 Å². The van der Waals surface area contributed by atoms with Gasteiger partial charge in [-0.3, -0.25) is 0 Å². The smallest absolute Gasteiger partial charge is 0.134 e. The molecule has 0 aliphatic heterocycles. The van der Waals surface area contributed by atoms with Crippen molar-refractivity contribution in [2.45, 2.75) is 18.3 Å². The fourth-order valence-electron chi connectivity index (χ4n) is 1.92. The van der Waals surface area contributed by atoms with Crippen molar-refractivity contribution in [1.82, 2.24) is 0 Å². The van der Waals surface area contributed by atoms with Crippen LogP contribution in [0.4, 0.5) is 4.39 Å². The van der Waals surface area contributed by atoms with Gasteiger partial charge in [-0.2, -0.15) is 0 Å². The van der Waals surface area contributed by atoms with Crippen LogP contribution in [0.5, 0.6) is 11.5 Å². The molecule has 1 saturated carbocycles. The molecule has 0 bridgehead atoms. The van der Waals surface area contributed by atoms with Crippen LogP contribution < -0.4 is 10.5 Å². The van der Waals surface area contributed by atoms with E-state index in [1.807, 2.05) is 0 Å². The number of phenols is 1. The van der Waals surface area contributed by atoms with Gasteiger partial charge in [-0.25, -0.2) is 4.39 Å². The predicted molar refractivity (Wildman–Crippen MR) is 54.6 cm³/mol. The van der Waals surface area contributed by atoms with Gasteiger partial charge in [0.1, 0.15) is 17.3 Å². The third kappa shape index (κ3) is 1.55. The van der Waals surface area contributed by atoms with E-state index in [0.29, 0.717) is 17.9 Å². The van der Waals surface area contributed by atoms with E-state index in [1.54, 1.807) is 0 Å². The third-order valence-corrected chi connectivity index (χ3v) is 3.05. The summed E-state index contributed by atoms with van der Waals surface area (Å²) in [6, 6.07) is 2.71. The van der Waals surface area contributed by atoms with Crippen LogP contribution >= 0.6 is 0 Å². The van der Waals surface area contributed by atoms with Gasteiger partial charge in [0.15, 0.2) is 0 Å². The minimum absolute atomic E-state index is 0.0604. The van der Waals surface area contributed by atoms with Crippen molar-refractivity contribution in [1.29, 1.82) is 0 Å². The molecule has 0 aromatic heterocycles. The number of ether oxygens (including phenoxy) is 1.